The summed E-state index contributed by atoms with van der Waals surface area (Å²) in [5, 5.41) is 9.60. The van der Waals surface area contributed by atoms with Crippen LogP contribution < -0.4 is 0 Å². The van der Waals surface area contributed by atoms with E-state index in [1.54, 1.807) is 12.1 Å². The van der Waals surface area contributed by atoms with Crippen LogP contribution in [0.5, 0.6) is 5.75 Å². The molecule has 1 N–H and O–H groups in total. The fourth-order valence-electron chi connectivity index (χ4n) is 3.42. The maximum absolute atomic E-state index is 12.9. The van der Waals surface area contributed by atoms with Gasteiger partial charge in [0, 0.05) is 42.6 Å². The van der Waals surface area contributed by atoms with Gasteiger partial charge in [0.2, 0.25) is 0 Å². The first-order valence-electron chi connectivity index (χ1n) is 9.18. The van der Waals surface area contributed by atoms with E-state index in [0.29, 0.717) is 25.1 Å². The third kappa shape index (κ3) is 3.40. The zero-order valence-electron chi connectivity index (χ0n) is 15.2. The molecule has 5 nitrogen and oxygen atoms in total. The number of carbonyl (C=O) groups is 1. The second kappa shape index (κ2) is 7.19. The molecule has 0 bridgehead atoms. The summed E-state index contributed by atoms with van der Waals surface area (Å²) in [5.74, 6) is 1.05. The number of nitrogens with zero attached hydrogens (tertiary/aromatic N) is 3. The Balaban J connectivity index is 1.73. The van der Waals surface area contributed by atoms with Gasteiger partial charge in [-0.05, 0) is 36.4 Å². The molecule has 0 fully saturated rings. The SMILES string of the molecule is CCc1nc2c(c(-c3ccc(O)cc3)n1)CN(C(=O)c1ccccc1)CC2. The van der Waals surface area contributed by atoms with Crippen molar-refractivity contribution in [1.82, 2.24) is 14.9 Å². The van der Waals surface area contributed by atoms with E-state index < -0.39 is 0 Å². The van der Waals surface area contributed by atoms with Gasteiger partial charge in [-0.15, -0.1) is 0 Å². The van der Waals surface area contributed by atoms with Gasteiger partial charge >= 0.3 is 0 Å². The number of phenolic OH excluding ortho intramolecular Hbond substituents is 1. The zero-order chi connectivity index (χ0) is 18.8. The second-order valence-electron chi connectivity index (χ2n) is 6.66. The maximum Gasteiger partial charge on any atom is 0.254 e. The van der Waals surface area contributed by atoms with Gasteiger partial charge in [0.25, 0.3) is 5.91 Å². The van der Waals surface area contributed by atoms with E-state index in [1.807, 2.05) is 54.3 Å². The van der Waals surface area contributed by atoms with Gasteiger partial charge < -0.3 is 10.0 Å². The van der Waals surface area contributed by atoms with Crippen molar-refractivity contribution < 1.29 is 9.90 Å². The summed E-state index contributed by atoms with van der Waals surface area (Å²) in [5.41, 5.74) is 4.48. The van der Waals surface area contributed by atoms with E-state index in [9.17, 15) is 9.90 Å². The van der Waals surface area contributed by atoms with Crippen LogP contribution in [0.3, 0.4) is 0 Å². The zero-order valence-corrected chi connectivity index (χ0v) is 15.2. The molecule has 4 rings (SSSR count). The third-order valence-electron chi connectivity index (χ3n) is 4.87. The van der Waals surface area contributed by atoms with E-state index in [1.165, 1.54) is 0 Å². The lowest BCUT2D eigenvalue weighted by atomic mass is 9.98. The minimum atomic E-state index is 0.0254. The van der Waals surface area contributed by atoms with Crippen molar-refractivity contribution in [2.45, 2.75) is 26.3 Å². The first kappa shape index (κ1) is 17.2. The molecule has 2 heterocycles. The molecule has 1 amide bonds. The van der Waals surface area contributed by atoms with E-state index >= 15 is 0 Å². The van der Waals surface area contributed by atoms with Crippen LogP contribution in [-0.2, 0) is 19.4 Å². The average molecular weight is 359 g/mol. The fraction of sp³-hybridized carbons (Fsp3) is 0.227. The van der Waals surface area contributed by atoms with E-state index in [-0.39, 0.29) is 11.7 Å². The lowest BCUT2D eigenvalue weighted by molar-refractivity contribution is 0.0733. The monoisotopic (exact) mass is 359 g/mol. The van der Waals surface area contributed by atoms with Gasteiger partial charge in [-0.3, -0.25) is 4.79 Å². The van der Waals surface area contributed by atoms with Crippen LogP contribution >= 0.6 is 0 Å². The second-order valence-corrected chi connectivity index (χ2v) is 6.66. The fourth-order valence-corrected chi connectivity index (χ4v) is 3.42. The minimum Gasteiger partial charge on any atom is -0.508 e. The number of aromatic hydroxyl groups is 1. The average Bonchev–Trinajstić information content (AvgIpc) is 2.73. The number of aryl methyl sites for hydroxylation is 1. The Labute approximate surface area is 158 Å². The number of hydrogen-bond donors (Lipinski definition) is 1. The van der Waals surface area contributed by atoms with Crippen LogP contribution in [0, 0.1) is 0 Å². The standard InChI is InChI=1S/C22H21N3O2/c1-2-20-23-19-12-13-25(22(27)16-6-4-3-5-7-16)14-18(19)21(24-20)15-8-10-17(26)11-9-15/h3-11,26H,2,12-14H2,1H3. The van der Waals surface area contributed by atoms with Crippen LogP contribution in [0.2, 0.25) is 0 Å². The highest BCUT2D eigenvalue weighted by Gasteiger charge is 2.26. The Morgan fingerprint density at radius 2 is 1.81 bits per heavy atom. The van der Waals surface area contributed by atoms with Crippen LogP contribution in [-0.4, -0.2) is 32.4 Å². The molecule has 1 aromatic heterocycles. The smallest absolute Gasteiger partial charge is 0.254 e. The molecule has 2 aromatic carbocycles. The van der Waals surface area contributed by atoms with Crippen molar-refractivity contribution in [3.63, 3.8) is 0 Å². The van der Waals surface area contributed by atoms with Gasteiger partial charge in [0.1, 0.15) is 11.6 Å². The predicted molar refractivity (Wildman–Crippen MR) is 103 cm³/mol. The summed E-state index contributed by atoms with van der Waals surface area (Å²) in [6, 6.07) is 16.4. The van der Waals surface area contributed by atoms with Crippen molar-refractivity contribution in [3.8, 4) is 17.0 Å². The molecule has 1 aliphatic rings. The first-order chi connectivity index (χ1) is 13.2. The van der Waals surface area contributed by atoms with Crippen LogP contribution in [0.1, 0.15) is 34.4 Å². The predicted octanol–water partition coefficient (Wildman–Crippen LogP) is 3.61. The number of aromatic nitrogens is 2. The molecule has 27 heavy (non-hydrogen) atoms. The number of fused-ring (bicyclic) bond motifs is 1. The molecule has 0 unspecified atom stereocenters. The number of amides is 1. The molecular weight excluding hydrogens is 338 g/mol. The number of phenols is 1. The van der Waals surface area contributed by atoms with E-state index in [2.05, 4.69) is 0 Å². The van der Waals surface area contributed by atoms with E-state index in [4.69, 9.17) is 9.97 Å². The van der Waals surface area contributed by atoms with E-state index in [0.717, 1.165) is 34.8 Å². The van der Waals surface area contributed by atoms with Gasteiger partial charge in [0.15, 0.2) is 0 Å². The van der Waals surface area contributed by atoms with Crippen molar-refractivity contribution in [2.24, 2.45) is 0 Å². The summed E-state index contributed by atoms with van der Waals surface area (Å²) >= 11 is 0. The van der Waals surface area contributed by atoms with Crippen LogP contribution in [0.25, 0.3) is 11.3 Å². The van der Waals surface area contributed by atoms with Gasteiger partial charge in [-0.25, -0.2) is 9.97 Å². The van der Waals surface area contributed by atoms with Crippen molar-refractivity contribution in [1.29, 1.82) is 0 Å². The summed E-state index contributed by atoms with van der Waals surface area (Å²) in [4.78, 5) is 24.2. The molecule has 1 aliphatic heterocycles. The normalized spacial score (nSPS) is 13.3. The van der Waals surface area contributed by atoms with Gasteiger partial charge in [-0.2, -0.15) is 0 Å². The number of rotatable bonds is 3. The molecule has 136 valence electrons. The largest absolute Gasteiger partial charge is 0.508 e. The van der Waals surface area contributed by atoms with Crippen LogP contribution in [0.4, 0.5) is 0 Å². The Kier molecular flexibility index (Phi) is 4.59. The lowest BCUT2D eigenvalue weighted by Crippen LogP contribution is -2.37. The lowest BCUT2D eigenvalue weighted by Gasteiger charge is -2.30. The Bertz CT molecular complexity index is 969. The molecular formula is C22H21N3O2. The van der Waals surface area contributed by atoms with Gasteiger partial charge in [-0.1, -0.05) is 25.1 Å². The summed E-state index contributed by atoms with van der Waals surface area (Å²) in [6.07, 6.45) is 1.47. The molecule has 0 radical (unpaired) electrons. The molecule has 5 heteroatoms. The van der Waals surface area contributed by atoms with Crippen molar-refractivity contribution >= 4 is 5.91 Å². The van der Waals surface area contributed by atoms with Crippen molar-refractivity contribution in [3.05, 3.63) is 77.2 Å². The Morgan fingerprint density at radius 3 is 2.52 bits per heavy atom. The molecule has 0 aliphatic carbocycles. The van der Waals surface area contributed by atoms with Crippen LogP contribution in [0.15, 0.2) is 54.6 Å². The number of hydrogen-bond acceptors (Lipinski definition) is 4. The highest BCUT2D eigenvalue weighted by Crippen LogP contribution is 2.30. The summed E-state index contributed by atoms with van der Waals surface area (Å²) < 4.78 is 0. The minimum absolute atomic E-state index is 0.0254. The number of benzene rings is 2. The quantitative estimate of drug-likeness (QED) is 0.776. The number of carbonyl (C=O) groups excluding carboxylic acids is 1. The molecule has 0 saturated carbocycles. The van der Waals surface area contributed by atoms with Crippen molar-refractivity contribution in [2.75, 3.05) is 6.54 Å². The summed E-state index contributed by atoms with van der Waals surface area (Å²) in [6.45, 7) is 3.18. The third-order valence-corrected chi connectivity index (χ3v) is 4.87. The van der Waals surface area contributed by atoms with Gasteiger partial charge in [0.05, 0.1) is 11.4 Å². The Hall–Kier alpha value is -3.21. The maximum atomic E-state index is 12.9. The topological polar surface area (TPSA) is 66.3 Å². The summed E-state index contributed by atoms with van der Waals surface area (Å²) in [7, 11) is 0. The molecule has 3 aromatic rings. The molecule has 0 atom stereocenters. The highest BCUT2D eigenvalue weighted by molar-refractivity contribution is 5.94. The highest BCUT2D eigenvalue weighted by atomic mass is 16.3. The molecule has 0 saturated heterocycles. The Morgan fingerprint density at radius 1 is 1.07 bits per heavy atom. The molecule has 0 spiro atoms. The first-order valence-corrected chi connectivity index (χ1v) is 9.18.